The fourth-order valence-electron chi connectivity index (χ4n) is 3.05. The van der Waals surface area contributed by atoms with Crippen molar-refractivity contribution in [3.8, 4) is 0 Å². The Kier molecular flexibility index (Phi) is 3.01. The van der Waals surface area contributed by atoms with Crippen LogP contribution in [0.5, 0.6) is 0 Å². The van der Waals surface area contributed by atoms with Gasteiger partial charge in [0, 0.05) is 31.2 Å². The number of hydrogen-bond acceptors (Lipinski definition) is 3. The first-order valence-corrected chi connectivity index (χ1v) is 7.62. The molecule has 1 saturated carbocycles. The molecule has 1 aromatic heterocycles. The van der Waals surface area contributed by atoms with E-state index < -0.39 is 0 Å². The summed E-state index contributed by atoms with van der Waals surface area (Å²) in [7, 11) is 0. The van der Waals surface area contributed by atoms with Crippen LogP contribution in [0.3, 0.4) is 0 Å². The molecule has 2 unspecified atom stereocenters. The molecule has 2 aliphatic rings. The van der Waals surface area contributed by atoms with Crippen LogP contribution in [0, 0.1) is 5.92 Å². The molecule has 1 saturated heterocycles. The van der Waals surface area contributed by atoms with Gasteiger partial charge >= 0.3 is 0 Å². The standard InChI is InChI=1S/C14H22N2S/c1-11-7-16(8-12-5-6-17-9-12)14(2,10-15-11)13-3-4-13/h5-6,9,11,13,15H,3-4,7-8,10H2,1-2H3. The predicted octanol–water partition coefficient (Wildman–Crippen LogP) is 2.71. The average molecular weight is 250 g/mol. The van der Waals surface area contributed by atoms with Crippen LogP contribution < -0.4 is 5.32 Å². The molecule has 2 heterocycles. The molecular weight excluding hydrogens is 228 g/mol. The summed E-state index contributed by atoms with van der Waals surface area (Å²) >= 11 is 1.81. The molecule has 3 rings (SSSR count). The Balaban J connectivity index is 1.77. The van der Waals surface area contributed by atoms with Crippen molar-refractivity contribution < 1.29 is 0 Å². The zero-order chi connectivity index (χ0) is 11.9. The molecule has 17 heavy (non-hydrogen) atoms. The minimum Gasteiger partial charge on any atom is -0.311 e. The van der Waals surface area contributed by atoms with Gasteiger partial charge in [0.05, 0.1) is 0 Å². The van der Waals surface area contributed by atoms with Gasteiger partial charge in [-0.15, -0.1) is 0 Å². The third-order valence-electron chi connectivity index (χ3n) is 4.44. The number of nitrogens with zero attached hydrogens (tertiary/aromatic N) is 1. The molecule has 1 aromatic rings. The van der Waals surface area contributed by atoms with Crippen molar-refractivity contribution in [1.82, 2.24) is 10.2 Å². The number of rotatable bonds is 3. The SMILES string of the molecule is CC1CN(Cc2ccsc2)C(C)(C2CC2)CN1. The first-order valence-electron chi connectivity index (χ1n) is 6.68. The highest BCUT2D eigenvalue weighted by molar-refractivity contribution is 7.07. The molecule has 1 N–H and O–H groups in total. The van der Waals surface area contributed by atoms with Crippen LogP contribution in [-0.4, -0.2) is 29.6 Å². The molecule has 2 fully saturated rings. The minimum atomic E-state index is 0.383. The van der Waals surface area contributed by atoms with Gasteiger partial charge in [-0.25, -0.2) is 0 Å². The summed E-state index contributed by atoms with van der Waals surface area (Å²) in [5.41, 5.74) is 1.87. The van der Waals surface area contributed by atoms with Gasteiger partial charge in [0.1, 0.15) is 0 Å². The van der Waals surface area contributed by atoms with E-state index >= 15 is 0 Å². The van der Waals surface area contributed by atoms with Crippen LogP contribution >= 0.6 is 11.3 Å². The van der Waals surface area contributed by atoms with Crippen LogP contribution in [0.2, 0.25) is 0 Å². The summed E-state index contributed by atoms with van der Waals surface area (Å²) < 4.78 is 0. The van der Waals surface area contributed by atoms with Crippen molar-refractivity contribution in [2.45, 2.75) is 44.8 Å². The van der Waals surface area contributed by atoms with E-state index in [2.05, 4.69) is 40.9 Å². The fourth-order valence-corrected chi connectivity index (χ4v) is 3.71. The summed E-state index contributed by atoms with van der Waals surface area (Å²) in [6.45, 7) is 8.22. The van der Waals surface area contributed by atoms with E-state index in [9.17, 15) is 0 Å². The van der Waals surface area contributed by atoms with E-state index in [4.69, 9.17) is 0 Å². The lowest BCUT2D eigenvalue weighted by Gasteiger charge is -2.48. The fraction of sp³-hybridized carbons (Fsp3) is 0.714. The number of hydrogen-bond donors (Lipinski definition) is 1. The zero-order valence-corrected chi connectivity index (χ0v) is 11.6. The smallest absolute Gasteiger partial charge is 0.0338 e. The molecule has 3 heteroatoms. The van der Waals surface area contributed by atoms with Crippen LogP contribution in [-0.2, 0) is 6.54 Å². The summed E-state index contributed by atoms with van der Waals surface area (Å²) in [5, 5.41) is 8.15. The van der Waals surface area contributed by atoms with Crippen molar-refractivity contribution in [2.24, 2.45) is 5.92 Å². The molecule has 2 nitrogen and oxygen atoms in total. The highest BCUT2D eigenvalue weighted by Crippen LogP contribution is 2.44. The van der Waals surface area contributed by atoms with Gasteiger partial charge in [0.15, 0.2) is 0 Å². The van der Waals surface area contributed by atoms with E-state index in [1.54, 1.807) is 0 Å². The van der Waals surface area contributed by atoms with Crippen molar-refractivity contribution in [2.75, 3.05) is 13.1 Å². The molecule has 0 amide bonds. The lowest BCUT2D eigenvalue weighted by Crippen LogP contribution is -2.63. The molecule has 0 aromatic carbocycles. The second kappa shape index (κ2) is 4.38. The number of piperazine rings is 1. The third kappa shape index (κ3) is 2.28. The quantitative estimate of drug-likeness (QED) is 0.887. The van der Waals surface area contributed by atoms with Crippen LogP contribution in [0.1, 0.15) is 32.3 Å². The number of thiophene rings is 1. The van der Waals surface area contributed by atoms with Crippen molar-refractivity contribution in [3.05, 3.63) is 22.4 Å². The Morgan fingerprint density at radius 3 is 3.00 bits per heavy atom. The normalized spacial score (nSPS) is 35.1. The third-order valence-corrected chi connectivity index (χ3v) is 5.17. The first kappa shape index (κ1) is 11.7. The van der Waals surface area contributed by atoms with Gasteiger partial charge in [-0.1, -0.05) is 0 Å². The largest absolute Gasteiger partial charge is 0.311 e. The van der Waals surface area contributed by atoms with Gasteiger partial charge in [-0.05, 0) is 55.0 Å². The molecule has 94 valence electrons. The van der Waals surface area contributed by atoms with Crippen molar-refractivity contribution in [1.29, 1.82) is 0 Å². The van der Waals surface area contributed by atoms with Crippen molar-refractivity contribution in [3.63, 3.8) is 0 Å². The van der Waals surface area contributed by atoms with Crippen molar-refractivity contribution >= 4 is 11.3 Å². The summed E-state index contributed by atoms with van der Waals surface area (Å²) in [4.78, 5) is 2.72. The molecular formula is C14H22N2S. The second-order valence-electron chi connectivity index (χ2n) is 5.93. The van der Waals surface area contributed by atoms with Crippen LogP contribution in [0.4, 0.5) is 0 Å². The van der Waals surface area contributed by atoms with Gasteiger partial charge in [0.25, 0.3) is 0 Å². The monoisotopic (exact) mass is 250 g/mol. The van der Waals surface area contributed by atoms with Gasteiger partial charge in [-0.3, -0.25) is 4.90 Å². The van der Waals surface area contributed by atoms with Crippen LogP contribution in [0.25, 0.3) is 0 Å². The maximum Gasteiger partial charge on any atom is 0.0338 e. The van der Waals surface area contributed by atoms with Gasteiger partial charge < -0.3 is 5.32 Å². The maximum atomic E-state index is 3.66. The summed E-state index contributed by atoms with van der Waals surface area (Å²) in [6, 6.07) is 2.89. The van der Waals surface area contributed by atoms with E-state index in [1.807, 2.05) is 11.3 Å². The molecule has 0 bridgehead atoms. The lowest BCUT2D eigenvalue weighted by atomic mass is 9.89. The molecule has 0 spiro atoms. The van der Waals surface area contributed by atoms with E-state index in [-0.39, 0.29) is 0 Å². The average Bonchev–Trinajstić information content (AvgIpc) is 3.05. The van der Waals surface area contributed by atoms with E-state index in [0.29, 0.717) is 11.6 Å². The maximum absolute atomic E-state index is 3.66. The Bertz CT molecular complexity index is 372. The molecule has 2 atom stereocenters. The second-order valence-corrected chi connectivity index (χ2v) is 6.71. The van der Waals surface area contributed by atoms with E-state index in [0.717, 1.165) is 19.0 Å². The lowest BCUT2D eigenvalue weighted by molar-refractivity contribution is 0.0313. The molecule has 1 aliphatic heterocycles. The predicted molar refractivity (Wildman–Crippen MR) is 73.3 cm³/mol. The minimum absolute atomic E-state index is 0.383. The Labute approximate surface area is 108 Å². The number of nitrogens with one attached hydrogen (secondary N) is 1. The van der Waals surface area contributed by atoms with Crippen LogP contribution in [0.15, 0.2) is 16.8 Å². The zero-order valence-electron chi connectivity index (χ0n) is 10.8. The van der Waals surface area contributed by atoms with Gasteiger partial charge in [0.2, 0.25) is 0 Å². The topological polar surface area (TPSA) is 15.3 Å². The summed E-state index contributed by atoms with van der Waals surface area (Å²) in [6.07, 6.45) is 2.85. The Morgan fingerprint density at radius 2 is 2.35 bits per heavy atom. The Morgan fingerprint density at radius 1 is 1.53 bits per heavy atom. The Hall–Kier alpha value is -0.380. The highest BCUT2D eigenvalue weighted by atomic mass is 32.1. The molecule has 1 aliphatic carbocycles. The summed E-state index contributed by atoms with van der Waals surface area (Å²) in [5.74, 6) is 0.918. The highest BCUT2D eigenvalue weighted by Gasteiger charge is 2.47. The van der Waals surface area contributed by atoms with E-state index in [1.165, 1.54) is 24.9 Å². The molecule has 0 radical (unpaired) electrons. The van der Waals surface area contributed by atoms with Gasteiger partial charge in [-0.2, -0.15) is 11.3 Å². The first-order chi connectivity index (χ1) is 8.18.